The molecule has 0 unspecified atom stereocenters. The summed E-state index contributed by atoms with van der Waals surface area (Å²) in [4.78, 5) is 12.0. The molecule has 2 nitrogen and oxygen atoms in total. The normalized spacial score (nSPS) is 15.9. The van der Waals surface area contributed by atoms with Gasteiger partial charge < -0.3 is 4.74 Å². The topological polar surface area (TPSA) is 26.3 Å². The van der Waals surface area contributed by atoms with Gasteiger partial charge in [0.25, 0.3) is 0 Å². The monoisotopic (exact) mass is 268 g/mol. The molecule has 0 N–H and O–H groups in total. The third kappa shape index (κ3) is 2.07. The fraction of sp³-hybridized carbons (Fsp3) is 0.417. The van der Waals surface area contributed by atoms with Gasteiger partial charge in [0.05, 0.1) is 12.7 Å². The molecule has 0 aliphatic heterocycles. The summed E-state index contributed by atoms with van der Waals surface area (Å²) in [5.41, 5.74) is 0.713. The second kappa shape index (κ2) is 4.35. The van der Waals surface area contributed by atoms with Crippen molar-refractivity contribution in [3.8, 4) is 5.75 Å². The summed E-state index contributed by atoms with van der Waals surface area (Å²) in [6.45, 7) is 0. The largest absolute Gasteiger partial charge is 0.496 e. The highest BCUT2D eigenvalue weighted by Gasteiger charge is 2.28. The van der Waals surface area contributed by atoms with Crippen LogP contribution in [0.5, 0.6) is 5.75 Å². The smallest absolute Gasteiger partial charge is 0.169 e. The Hall–Kier alpha value is -0.830. The zero-order valence-corrected chi connectivity index (χ0v) is 10.2. The Balaban J connectivity index is 2.29. The standard InChI is InChI=1S/C12H13BrO2/c1-15-11-7-9(13)5-6-10(11)12(14)8-3-2-4-8/h5-8H,2-4H2,1H3. The van der Waals surface area contributed by atoms with Crippen molar-refractivity contribution < 1.29 is 9.53 Å². The number of carbonyl (C=O) groups is 1. The minimum Gasteiger partial charge on any atom is -0.496 e. The fourth-order valence-corrected chi connectivity index (χ4v) is 2.10. The maximum absolute atomic E-state index is 12.0. The summed E-state index contributed by atoms with van der Waals surface area (Å²) in [6, 6.07) is 5.56. The molecule has 0 aromatic heterocycles. The lowest BCUT2D eigenvalue weighted by Crippen LogP contribution is -2.22. The van der Waals surface area contributed by atoms with Gasteiger partial charge in [0.1, 0.15) is 5.75 Å². The first kappa shape index (κ1) is 10.7. The Morgan fingerprint density at radius 1 is 1.47 bits per heavy atom. The number of hydrogen-bond acceptors (Lipinski definition) is 2. The molecule has 2 rings (SSSR count). The lowest BCUT2D eigenvalue weighted by Gasteiger charge is -2.24. The van der Waals surface area contributed by atoms with E-state index in [0.29, 0.717) is 11.3 Å². The average Bonchev–Trinajstić information content (AvgIpc) is 2.14. The predicted molar refractivity (Wildman–Crippen MR) is 62.4 cm³/mol. The molecule has 0 radical (unpaired) electrons. The molecule has 1 aliphatic carbocycles. The maximum atomic E-state index is 12.0. The second-order valence-electron chi connectivity index (χ2n) is 3.84. The fourth-order valence-electron chi connectivity index (χ4n) is 1.76. The molecule has 1 aromatic carbocycles. The molecule has 3 heteroatoms. The van der Waals surface area contributed by atoms with Crippen molar-refractivity contribution in [1.29, 1.82) is 0 Å². The Kier molecular flexibility index (Phi) is 3.10. The number of ether oxygens (including phenoxy) is 1. The van der Waals surface area contributed by atoms with Gasteiger partial charge in [-0.05, 0) is 31.0 Å². The van der Waals surface area contributed by atoms with Crippen molar-refractivity contribution >= 4 is 21.7 Å². The molecular weight excluding hydrogens is 256 g/mol. The zero-order chi connectivity index (χ0) is 10.8. The van der Waals surface area contributed by atoms with Crippen LogP contribution in [0.15, 0.2) is 22.7 Å². The molecule has 0 heterocycles. The van der Waals surface area contributed by atoms with Crippen LogP contribution in [-0.4, -0.2) is 12.9 Å². The van der Waals surface area contributed by atoms with Crippen molar-refractivity contribution in [3.63, 3.8) is 0 Å². The predicted octanol–water partition coefficient (Wildman–Crippen LogP) is 3.44. The highest BCUT2D eigenvalue weighted by atomic mass is 79.9. The molecule has 0 spiro atoms. The van der Waals surface area contributed by atoms with Crippen LogP contribution in [0.25, 0.3) is 0 Å². The van der Waals surface area contributed by atoms with Crippen LogP contribution < -0.4 is 4.74 Å². The molecular formula is C12H13BrO2. The van der Waals surface area contributed by atoms with Crippen LogP contribution in [0.2, 0.25) is 0 Å². The van der Waals surface area contributed by atoms with Gasteiger partial charge in [-0.1, -0.05) is 22.4 Å². The molecule has 1 saturated carbocycles. The summed E-state index contributed by atoms with van der Waals surface area (Å²) in [5.74, 6) is 1.12. The van der Waals surface area contributed by atoms with Crippen molar-refractivity contribution in [2.45, 2.75) is 19.3 Å². The SMILES string of the molecule is COc1cc(Br)ccc1C(=O)C1CCC1. The Bertz CT molecular complexity index is 383. The molecule has 80 valence electrons. The van der Waals surface area contributed by atoms with E-state index < -0.39 is 0 Å². The molecule has 0 saturated heterocycles. The van der Waals surface area contributed by atoms with Gasteiger partial charge in [0.15, 0.2) is 5.78 Å². The van der Waals surface area contributed by atoms with Crippen molar-refractivity contribution in [2.24, 2.45) is 5.92 Å². The van der Waals surface area contributed by atoms with Gasteiger partial charge >= 0.3 is 0 Å². The first-order valence-corrected chi connectivity index (χ1v) is 5.89. The molecule has 0 amide bonds. The van der Waals surface area contributed by atoms with E-state index in [1.807, 2.05) is 18.2 Å². The van der Waals surface area contributed by atoms with Crippen LogP contribution in [0.4, 0.5) is 0 Å². The van der Waals surface area contributed by atoms with Crippen LogP contribution in [0.1, 0.15) is 29.6 Å². The second-order valence-corrected chi connectivity index (χ2v) is 4.75. The van der Waals surface area contributed by atoms with Gasteiger partial charge in [-0.25, -0.2) is 0 Å². The number of halogens is 1. The van der Waals surface area contributed by atoms with Gasteiger partial charge in [0.2, 0.25) is 0 Å². The van der Waals surface area contributed by atoms with Crippen LogP contribution in [-0.2, 0) is 0 Å². The molecule has 0 bridgehead atoms. The molecule has 1 aromatic rings. The summed E-state index contributed by atoms with van der Waals surface area (Å²) >= 11 is 3.36. The van der Waals surface area contributed by atoms with E-state index >= 15 is 0 Å². The van der Waals surface area contributed by atoms with Gasteiger partial charge in [-0.2, -0.15) is 0 Å². The number of hydrogen-bond donors (Lipinski definition) is 0. The quantitative estimate of drug-likeness (QED) is 0.786. The zero-order valence-electron chi connectivity index (χ0n) is 8.63. The van der Waals surface area contributed by atoms with Crippen LogP contribution in [0, 0.1) is 5.92 Å². The number of benzene rings is 1. The van der Waals surface area contributed by atoms with Gasteiger partial charge in [-0.3, -0.25) is 4.79 Å². The van der Waals surface area contributed by atoms with E-state index in [1.165, 1.54) is 6.42 Å². The Morgan fingerprint density at radius 3 is 2.73 bits per heavy atom. The molecule has 1 aliphatic rings. The summed E-state index contributed by atoms with van der Waals surface area (Å²) in [5, 5.41) is 0. The van der Waals surface area contributed by atoms with Gasteiger partial charge in [0, 0.05) is 10.4 Å². The lowest BCUT2D eigenvalue weighted by atomic mass is 9.80. The number of methoxy groups -OCH3 is 1. The molecule has 1 fully saturated rings. The number of rotatable bonds is 3. The van der Waals surface area contributed by atoms with E-state index in [0.717, 1.165) is 17.3 Å². The lowest BCUT2D eigenvalue weighted by molar-refractivity contribution is 0.0852. The van der Waals surface area contributed by atoms with E-state index in [9.17, 15) is 4.79 Å². The average molecular weight is 269 g/mol. The summed E-state index contributed by atoms with van der Waals surface area (Å²) in [6.07, 6.45) is 3.23. The van der Waals surface area contributed by atoms with E-state index in [2.05, 4.69) is 15.9 Å². The Morgan fingerprint density at radius 2 is 2.20 bits per heavy atom. The molecule has 15 heavy (non-hydrogen) atoms. The van der Waals surface area contributed by atoms with E-state index in [1.54, 1.807) is 7.11 Å². The van der Waals surface area contributed by atoms with E-state index in [-0.39, 0.29) is 11.7 Å². The van der Waals surface area contributed by atoms with Crippen LogP contribution in [0.3, 0.4) is 0 Å². The van der Waals surface area contributed by atoms with Gasteiger partial charge in [-0.15, -0.1) is 0 Å². The first-order chi connectivity index (χ1) is 7.22. The minimum atomic E-state index is 0.222. The van der Waals surface area contributed by atoms with Crippen molar-refractivity contribution in [3.05, 3.63) is 28.2 Å². The van der Waals surface area contributed by atoms with E-state index in [4.69, 9.17) is 4.74 Å². The highest BCUT2D eigenvalue weighted by Crippen LogP contribution is 2.33. The maximum Gasteiger partial charge on any atom is 0.169 e. The summed E-state index contributed by atoms with van der Waals surface area (Å²) in [7, 11) is 1.60. The number of carbonyl (C=O) groups excluding carboxylic acids is 1. The number of ketones is 1. The minimum absolute atomic E-state index is 0.222. The molecule has 0 atom stereocenters. The van der Waals surface area contributed by atoms with Crippen molar-refractivity contribution in [2.75, 3.05) is 7.11 Å². The van der Waals surface area contributed by atoms with Crippen LogP contribution >= 0.6 is 15.9 Å². The first-order valence-electron chi connectivity index (χ1n) is 5.10. The van der Waals surface area contributed by atoms with Crippen molar-refractivity contribution in [1.82, 2.24) is 0 Å². The third-order valence-electron chi connectivity index (χ3n) is 2.90. The summed E-state index contributed by atoms with van der Waals surface area (Å²) < 4.78 is 6.15. The Labute approximate surface area is 97.8 Å². The number of Topliss-reactive ketones (excluding diaryl/α,β-unsaturated/α-hetero) is 1. The highest BCUT2D eigenvalue weighted by molar-refractivity contribution is 9.10. The third-order valence-corrected chi connectivity index (χ3v) is 3.40.